The second-order valence-electron chi connectivity index (χ2n) is 8.77. The van der Waals surface area contributed by atoms with Crippen molar-refractivity contribution in [1.29, 1.82) is 0 Å². The lowest BCUT2D eigenvalue weighted by Gasteiger charge is -2.39. The molecule has 0 radical (unpaired) electrons. The van der Waals surface area contributed by atoms with Crippen LogP contribution in [0.3, 0.4) is 0 Å². The van der Waals surface area contributed by atoms with E-state index in [1.807, 2.05) is 0 Å². The van der Waals surface area contributed by atoms with Crippen molar-refractivity contribution in [3.63, 3.8) is 0 Å². The highest BCUT2D eigenvalue weighted by Crippen LogP contribution is 2.45. The van der Waals surface area contributed by atoms with Crippen LogP contribution in [0.25, 0.3) is 0 Å². The van der Waals surface area contributed by atoms with Crippen LogP contribution in [0, 0.1) is 0 Å². The molecule has 1 saturated heterocycles. The lowest BCUT2D eigenvalue weighted by atomic mass is 9.91. The van der Waals surface area contributed by atoms with E-state index in [1.54, 1.807) is 0 Å². The van der Waals surface area contributed by atoms with Crippen molar-refractivity contribution in [2.24, 2.45) is 0 Å². The Morgan fingerprint density at radius 1 is 1.09 bits per heavy atom. The van der Waals surface area contributed by atoms with Gasteiger partial charge in [0.2, 0.25) is 0 Å². The molecule has 1 saturated carbocycles. The van der Waals surface area contributed by atoms with Crippen molar-refractivity contribution in [3.8, 4) is 0 Å². The molecule has 2 aliphatic rings. The van der Waals surface area contributed by atoms with Crippen molar-refractivity contribution < 1.29 is 39.5 Å². The first-order chi connectivity index (χ1) is 15.2. The van der Waals surface area contributed by atoms with Crippen molar-refractivity contribution in [2.75, 3.05) is 6.61 Å². The normalized spacial score (nSPS) is 25.1. The number of hydrogen-bond acceptors (Lipinski definition) is 4. The second kappa shape index (κ2) is 8.00. The molecule has 4 rings (SSSR count). The average Bonchev–Trinajstić information content (AvgIpc) is 3.11. The van der Waals surface area contributed by atoms with Gasteiger partial charge in [0.25, 0.3) is 0 Å². The second-order valence-corrected chi connectivity index (χ2v) is 11.2. The molecular weight excluding hydrogens is 474 g/mol. The molecule has 2 heterocycles. The minimum Gasteiger partial charge on any atom is -0.372 e. The number of halogens is 6. The van der Waals surface area contributed by atoms with Gasteiger partial charge in [-0.05, 0) is 63.3 Å². The molecule has 0 bridgehead atoms. The minimum absolute atomic E-state index is 0.00816. The maximum absolute atomic E-state index is 13.4. The molecule has 5 nitrogen and oxygen atoms in total. The Morgan fingerprint density at radius 3 is 2.36 bits per heavy atom. The third kappa shape index (κ3) is 4.39. The number of aromatic nitrogens is 2. The Balaban J connectivity index is 1.69. The quantitative estimate of drug-likeness (QED) is 0.508. The van der Waals surface area contributed by atoms with E-state index in [2.05, 4.69) is 5.10 Å². The zero-order valence-electron chi connectivity index (χ0n) is 17.6. The fourth-order valence-corrected chi connectivity index (χ4v) is 6.07. The van der Waals surface area contributed by atoms with Crippen molar-refractivity contribution in [3.05, 3.63) is 47.3 Å². The van der Waals surface area contributed by atoms with Crippen molar-refractivity contribution >= 4 is 9.84 Å². The molecule has 33 heavy (non-hydrogen) atoms. The third-order valence-corrected chi connectivity index (χ3v) is 9.04. The van der Waals surface area contributed by atoms with Crippen molar-refractivity contribution in [1.82, 2.24) is 9.78 Å². The molecule has 1 aromatic carbocycles. The molecule has 2 aromatic rings. The summed E-state index contributed by atoms with van der Waals surface area (Å²) in [6, 6.07) is 4.15. The first kappa shape index (κ1) is 24.1. The zero-order chi connectivity index (χ0) is 24.2. The van der Waals surface area contributed by atoms with Gasteiger partial charge in [-0.3, -0.25) is 4.68 Å². The van der Waals surface area contributed by atoms with Gasteiger partial charge >= 0.3 is 12.4 Å². The van der Waals surface area contributed by atoms with Crippen molar-refractivity contribution in [2.45, 2.75) is 73.2 Å². The number of rotatable bonds is 4. The maximum atomic E-state index is 13.4. The van der Waals surface area contributed by atoms with E-state index in [9.17, 15) is 34.8 Å². The van der Waals surface area contributed by atoms with Gasteiger partial charge in [0.1, 0.15) is 6.10 Å². The van der Waals surface area contributed by atoms with Crippen LogP contribution >= 0.6 is 0 Å². The van der Waals surface area contributed by atoms with Crippen LogP contribution in [0.4, 0.5) is 26.3 Å². The number of ether oxygens (including phenoxy) is 1. The van der Waals surface area contributed by atoms with E-state index in [1.165, 1.54) is 11.6 Å². The van der Waals surface area contributed by atoms with Crippen LogP contribution in [0.15, 0.2) is 35.2 Å². The van der Waals surface area contributed by atoms with E-state index >= 15 is 0 Å². The summed E-state index contributed by atoms with van der Waals surface area (Å²) in [5.41, 5.74) is -2.04. The lowest BCUT2D eigenvalue weighted by Crippen LogP contribution is -2.42. The van der Waals surface area contributed by atoms with Gasteiger partial charge in [-0.25, -0.2) is 8.42 Å². The van der Waals surface area contributed by atoms with Crippen LogP contribution < -0.4 is 0 Å². The maximum Gasteiger partial charge on any atom is 0.435 e. The molecule has 182 valence electrons. The number of nitrogens with zero attached hydrogens (tertiary/aromatic N) is 2. The highest BCUT2D eigenvalue weighted by Gasteiger charge is 2.47. The highest BCUT2D eigenvalue weighted by atomic mass is 32.2. The first-order valence-electron chi connectivity index (χ1n) is 10.4. The van der Waals surface area contributed by atoms with Gasteiger partial charge in [0.15, 0.2) is 15.5 Å². The average molecular weight is 496 g/mol. The summed E-state index contributed by atoms with van der Waals surface area (Å²) < 4.78 is 112. The third-order valence-electron chi connectivity index (χ3n) is 6.49. The highest BCUT2D eigenvalue weighted by molar-refractivity contribution is 7.92. The molecule has 12 heteroatoms. The molecule has 2 atom stereocenters. The Morgan fingerprint density at radius 2 is 1.79 bits per heavy atom. The standard InChI is InChI=1S/C21H22F6N2O3S/c1-19(33(30,31)15-7-2-4-13(10-15)20(22,23)24)8-9-32-17(12-19)16-11-18(21(25,26)27)28-29(16)14-5-3-6-14/h2,4,7,10-11,14,17H,3,5-6,8-9,12H2,1H3. The summed E-state index contributed by atoms with van der Waals surface area (Å²) in [5, 5.41) is 3.72. The fraction of sp³-hybridized carbons (Fsp3) is 0.571. The molecule has 2 unspecified atom stereocenters. The Labute approximate surface area is 186 Å². The fourth-order valence-electron chi connectivity index (χ4n) is 4.24. The van der Waals surface area contributed by atoms with E-state index in [0.29, 0.717) is 18.9 Å². The largest absolute Gasteiger partial charge is 0.435 e. The first-order valence-corrected chi connectivity index (χ1v) is 11.9. The summed E-state index contributed by atoms with van der Waals surface area (Å²) in [6.45, 7) is 1.32. The smallest absolute Gasteiger partial charge is 0.372 e. The van der Waals surface area contributed by atoms with Gasteiger partial charge in [0, 0.05) is 6.61 Å². The van der Waals surface area contributed by atoms with Crippen LogP contribution in [0.2, 0.25) is 0 Å². The lowest BCUT2D eigenvalue weighted by molar-refractivity contribution is -0.141. The molecular formula is C21H22F6N2O3S. The summed E-state index contributed by atoms with van der Waals surface area (Å²) >= 11 is 0. The van der Waals surface area contributed by atoms with Gasteiger partial charge in [-0.2, -0.15) is 31.4 Å². The number of sulfone groups is 1. The van der Waals surface area contributed by atoms with E-state index in [-0.39, 0.29) is 31.2 Å². The molecule has 0 amide bonds. The molecule has 0 N–H and O–H groups in total. The van der Waals surface area contributed by atoms with Gasteiger partial charge in [0.05, 0.1) is 26.9 Å². The summed E-state index contributed by atoms with van der Waals surface area (Å²) in [4.78, 5) is -0.482. The van der Waals surface area contributed by atoms with Crippen LogP contribution in [0.5, 0.6) is 0 Å². The van der Waals surface area contributed by atoms with Gasteiger partial charge in [-0.1, -0.05) is 6.07 Å². The number of benzene rings is 1. The summed E-state index contributed by atoms with van der Waals surface area (Å²) in [5.74, 6) is 0. The number of hydrogen-bond donors (Lipinski definition) is 0. The predicted molar refractivity (Wildman–Crippen MR) is 105 cm³/mol. The van der Waals surface area contributed by atoms with E-state index in [4.69, 9.17) is 4.74 Å². The van der Waals surface area contributed by atoms with E-state index in [0.717, 1.165) is 30.7 Å². The van der Waals surface area contributed by atoms with Crippen LogP contribution in [-0.4, -0.2) is 29.6 Å². The van der Waals surface area contributed by atoms with E-state index < -0.39 is 49.2 Å². The summed E-state index contributed by atoms with van der Waals surface area (Å²) in [6.07, 6.45) is -8.45. The topological polar surface area (TPSA) is 61.2 Å². The molecule has 2 fully saturated rings. The van der Waals surface area contributed by atoms with Gasteiger partial charge in [-0.15, -0.1) is 0 Å². The number of alkyl halides is 6. The molecule has 1 aliphatic heterocycles. The molecule has 0 spiro atoms. The monoisotopic (exact) mass is 496 g/mol. The zero-order valence-corrected chi connectivity index (χ0v) is 18.4. The minimum atomic E-state index is -4.71. The SMILES string of the molecule is CC1(S(=O)(=O)c2cccc(C(F)(F)F)c2)CCOC(c2cc(C(F)(F)F)nn2C2CCC2)C1. The summed E-state index contributed by atoms with van der Waals surface area (Å²) in [7, 11) is -4.26. The Hall–Kier alpha value is -2.08. The van der Waals surface area contributed by atoms with Gasteiger partial charge < -0.3 is 4.74 Å². The predicted octanol–water partition coefficient (Wildman–Crippen LogP) is 5.73. The molecule has 1 aliphatic carbocycles. The molecule has 1 aromatic heterocycles. The van der Waals surface area contributed by atoms with Crippen LogP contribution in [-0.2, 0) is 26.9 Å². The van der Waals surface area contributed by atoms with Crippen LogP contribution in [0.1, 0.15) is 68.1 Å². The Bertz CT molecular complexity index is 1140. The Kier molecular flexibility index (Phi) is 5.83.